The third-order valence-corrected chi connectivity index (χ3v) is 6.29. The van der Waals surface area contributed by atoms with Gasteiger partial charge in [-0.2, -0.15) is 0 Å². The number of unbranched alkanes of at least 4 members (excludes halogenated alkanes) is 1. The van der Waals surface area contributed by atoms with Crippen LogP contribution in [0.15, 0.2) is 48.5 Å². The van der Waals surface area contributed by atoms with Crippen molar-refractivity contribution < 1.29 is 4.79 Å². The van der Waals surface area contributed by atoms with Gasteiger partial charge >= 0.3 is 0 Å². The van der Waals surface area contributed by atoms with Crippen molar-refractivity contribution in [1.82, 2.24) is 15.3 Å². The number of hydrogen-bond donors (Lipinski definition) is 1. The molecule has 4 nitrogen and oxygen atoms in total. The summed E-state index contributed by atoms with van der Waals surface area (Å²) in [5.41, 5.74) is 2.07. The Labute approximate surface area is 159 Å². The Morgan fingerprint density at radius 1 is 0.846 bits per heavy atom. The van der Waals surface area contributed by atoms with Crippen molar-refractivity contribution in [2.45, 2.75) is 32.2 Å². The molecule has 4 rings (SSSR count). The number of aromatic nitrogens is 2. The molecule has 0 aliphatic rings. The lowest BCUT2D eigenvalue weighted by atomic mass is 10.2. The van der Waals surface area contributed by atoms with Gasteiger partial charge in [-0.25, -0.2) is 9.97 Å². The number of rotatable bonds is 7. The van der Waals surface area contributed by atoms with Crippen LogP contribution in [0.3, 0.4) is 0 Å². The van der Waals surface area contributed by atoms with E-state index in [0.29, 0.717) is 13.0 Å². The summed E-state index contributed by atoms with van der Waals surface area (Å²) in [6.45, 7) is 0.510. The lowest BCUT2D eigenvalue weighted by Gasteiger charge is -2.02. The first-order chi connectivity index (χ1) is 12.8. The molecule has 0 saturated heterocycles. The third-order valence-electron chi connectivity index (χ3n) is 4.16. The standard InChI is InChI=1S/C20H19N3OS2/c24-18(21-13-20-23-15-8-2-4-10-17(15)26-20)11-5-6-12-19-22-14-7-1-3-9-16(14)25-19/h1-4,7-10H,5-6,11-13H2,(H,21,24). The van der Waals surface area contributed by atoms with Crippen molar-refractivity contribution in [2.24, 2.45) is 0 Å². The monoisotopic (exact) mass is 381 g/mol. The zero-order valence-corrected chi connectivity index (χ0v) is 15.9. The molecule has 132 valence electrons. The van der Waals surface area contributed by atoms with Gasteiger partial charge in [0.05, 0.1) is 32.0 Å². The first kappa shape index (κ1) is 17.1. The van der Waals surface area contributed by atoms with E-state index in [9.17, 15) is 4.79 Å². The Balaban J connectivity index is 1.20. The second-order valence-corrected chi connectivity index (χ2v) is 8.36. The molecular weight excluding hydrogens is 362 g/mol. The Kier molecular flexibility index (Phi) is 5.22. The van der Waals surface area contributed by atoms with Gasteiger partial charge in [-0.1, -0.05) is 24.3 Å². The summed E-state index contributed by atoms with van der Waals surface area (Å²) in [7, 11) is 0. The molecule has 2 aromatic heterocycles. The van der Waals surface area contributed by atoms with Crippen LogP contribution in [0, 0.1) is 0 Å². The van der Waals surface area contributed by atoms with Gasteiger partial charge < -0.3 is 5.32 Å². The highest BCUT2D eigenvalue weighted by molar-refractivity contribution is 7.18. The number of carbonyl (C=O) groups excluding carboxylic acids is 1. The Hall–Kier alpha value is -2.31. The topological polar surface area (TPSA) is 54.9 Å². The fraction of sp³-hybridized carbons (Fsp3) is 0.250. The Bertz CT molecular complexity index is 972. The number of thiazole rings is 2. The van der Waals surface area contributed by atoms with Crippen molar-refractivity contribution in [1.29, 1.82) is 0 Å². The molecule has 0 bridgehead atoms. The molecule has 4 aromatic rings. The van der Waals surface area contributed by atoms with Crippen molar-refractivity contribution in [3.8, 4) is 0 Å². The number of nitrogens with zero attached hydrogens (tertiary/aromatic N) is 2. The molecule has 0 atom stereocenters. The minimum absolute atomic E-state index is 0.0913. The molecule has 26 heavy (non-hydrogen) atoms. The number of carbonyl (C=O) groups is 1. The average Bonchev–Trinajstić information content (AvgIpc) is 3.26. The molecule has 1 N–H and O–H groups in total. The van der Waals surface area contributed by atoms with E-state index in [-0.39, 0.29) is 5.91 Å². The number of aryl methyl sites for hydroxylation is 1. The molecule has 2 aromatic carbocycles. The van der Waals surface area contributed by atoms with E-state index in [1.807, 2.05) is 36.4 Å². The maximum absolute atomic E-state index is 12.0. The first-order valence-corrected chi connectivity index (χ1v) is 10.4. The maximum Gasteiger partial charge on any atom is 0.220 e. The van der Waals surface area contributed by atoms with Crippen molar-refractivity contribution in [2.75, 3.05) is 0 Å². The van der Waals surface area contributed by atoms with Gasteiger partial charge in [0.2, 0.25) is 5.91 Å². The molecule has 2 heterocycles. The van der Waals surface area contributed by atoms with Crippen molar-refractivity contribution >= 4 is 49.0 Å². The van der Waals surface area contributed by atoms with Gasteiger partial charge in [0.15, 0.2) is 0 Å². The van der Waals surface area contributed by atoms with Crippen LogP contribution in [0.25, 0.3) is 20.4 Å². The van der Waals surface area contributed by atoms with Gasteiger partial charge in [-0.05, 0) is 43.5 Å². The minimum atomic E-state index is 0.0913. The van der Waals surface area contributed by atoms with Gasteiger partial charge in [-0.3, -0.25) is 4.79 Å². The van der Waals surface area contributed by atoms with Gasteiger partial charge in [0, 0.05) is 6.42 Å². The second-order valence-electron chi connectivity index (χ2n) is 6.13. The summed E-state index contributed by atoms with van der Waals surface area (Å²) in [4.78, 5) is 21.2. The Morgan fingerprint density at radius 3 is 2.15 bits per heavy atom. The van der Waals surface area contributed by atoms with E-state index in [4.69, 9.17) is 0 Å². The largest absolute Gasteiger partial charge is 0.350 e. The second kappa shape index (κ2) is 7.93. The Morgan fingerprint density at radius 2 is 1.46 bits per heavy atom. The predicted octanol–water partition coefficient (Wildman–Crippen LogP) is 4.94. The zero-order valence-electron chi connectivity index (χ0n) is 14.3. The highest BCUT2D eigenvalue weighted by atomic mass is 32.1. The normalized spacial score (nSPS) is 11.2. The summed E-state index contributed by atoms with van der Waals surface area (Å²) < 4.78 is 2.39. The number of hydrogen-bond acceptors (Lipinski definition) is 5. The molecule has 0 aliphatic carbocycles. The van der Waals surface area contributed by atoms with Gasteiger partial charge in [-0.15, -0.1) is 22.7 Å². The highest BCUT2D eigenvalue weighted by Crippen LogP contribution is 2.23. The van der Waals surface area contributed by atoms with Crippen LogP contribution in [-0.2, 0) is 17.8 Å². The van der Waals surface area contributed by atoms with Crippen LogP contribution in [-0.4, -0.2) is 15.9 Å². The van der Waals surface area contributed by atoms with E-state index in [2.05, 4.69) is 27.4 Å². The highest BCUT2D eigenvalue weighted by Gasteiger charge is 2.07. The summed E-state index contributed by atoms with van der Waals surface area (Å²) in [6.07, 6.45) is 3.34. The molecule has 0 spiro atoms. The van der Waals surface area contributed by atoms with Crippen LogP contribution in [0.2, 0.25) is 0 Å². The molecule has 0 aliphatic heterocycles. The summed E-state index contributed by atoms with van der Waals surface area (Å²) >= 11 is 3.38. The summed E-state index contributed by atoms with van der Waals surface area (Å²) in [6, 6.07) is 16.3. The molecular formula is C20H19N3OS2. The van der Waals surface area contributed by atoms with Crippen LogP contribution in [0.4, 0.5) is 0 Å². The molecule has 0 unspecified atom stereocenters. The maximum atomic E-state index is 12.0. The number of fused-ring (bicyclic) bond motifs is 2. The lowest BCUT2D eigenvalue weighted by molar-refractivity contribution is -0.121. The van der Waals surface area contributed by atoms with Crippen LogP contribution in [0.1, 0.15) is 29.3 Å². The average molecular weight is 382 g/mol. The number of benzene rings is 2. The van der Waals surface area contributed by atoms with Crippen LogP contribution in [0.5, 0.6) is 0 Å². The van der Waals surface area contributed by atoms with Crippen molar-refractivity contribution in [3.05, 3.63) is 58.5 Å². The fourth-order valence-electron chi connectivity index (χ4n) is 2.85. The van der Waals surface area contributed by atoms with Crippen molar-refractivity contribution in [3.63, 3.8) is 0 Å². The molecule has 0 saturated carbocycles. The van der Waals surface area contributed by atoms with Crippen LogP contribution >= 0.6 is 22.7 Å². The third kappa shape index (κ3) is 4.08. The predicted molar refractivity (Wildman–Crippen MR) is 109 cm³/mol. The van der Waals surface area contributed by atoms with E-state index < -0.39 is 0 Å². The SMILES string of the molecule is O=C(CCCCc1nc2ccccc2s1)NCc1nc2ccccc2s1. The first-order valence-electron chi connectivity index (χ1n) is 8.73. The molecule has 6 heteroatoms. The molecule has 1 amide bonds. The lowest BCUT2D eigenvalue weighted by Crippen LogP contribution is -2.22. The summed E-state index contributed by atoms with van der Waals surface area (Å²) in [5.74, 6) is 0.0913. The number of amides is 1. The number of para-hydroxylation sites is 2. The van der Waals surface area contributed by atoms with Gasteiger partial charge in [0.25, 0.3) is 0 Å². The minimum Gasteiger partial charge on any atom is -0.350 e. The van der Waals surface area contributed by atoms with E-state index in [0.717, 1.165) is 45.0 Å². The fourth-order valence-corrected chi connectivity index (χ4v) is 4.76. The smallest absolute Gasteiger partial charge is 0.220 e. The number of nitrogens with one attached hydrogen (secondary N) is 1. The van der Waals surface area contributed by atoms with E-state index >= 15 is 0 Å². The quantitative estimate of drug-likeness (QED) is 0.462. The van der Waals surface area contributed by atoms with Crippen LogP contribution < -0.4 is 5.32 Å². The van der Waals surface area contributed by atoms with E-state index in [1.165, 1.54) is 4.70 Å². The van der Waals surface area contributed by atoms with Gasteiger partial charge in [0.1, 0.15) is 5.01 Å². The molecule has 0 fully saturated rings. The summed E-state index contributed by atoms with van der Waals surface area (Å²) in [5, 5.41) is 5.08. The zero-order chi connectivity index (χ0) is 17.8. The van der Waals surface area contributed by atoms with E-state index in [1.54, 1.807) is 22.7 Å². The molecule has 0 radical (unpaired) electrons.